The molecule has 1 aromatic carbocycles. The Hall–Kier alpha value is -1.01. The van der Waals surface area contributed by atoms with E-state index in [-0.39, 0.29) is 16.8 Å². The minimum Gasteiger partial charge on any atom is -0.378 e. The molecule has 0 aliphatic carbocycles. The number of nitrogens with one attached hydrogen (secondary N) is 1. The number of anilines is 1. The predicted octanol–water partition coefficient (Wildman–Crippen LogP) is 6.10. The first kappa shape index (κ1) is 16.4. The first-order chi connectivity index (χ1) is 9.79. The van der Waals surface area contributed by atoms with Crippen molar-refractivity contribution in [2.45, 2.75) is 19.9 Å². The Morgan fingerprint density at radius 2 is 1.95 bits per heavy atom. The smallest absolute Gasteiger partial charge is 0.288 e. The third kappa shape index (κ3) is 3.61. The van der Waals surface area contributed by atoms with E-state index >= 15 is 0 Å². The Kier molecular flexibility index (Phi) is 4.99. The first-order valence-corrected chi connectivity index (χ1v) is 7.90. The maximum absolute atomic E-state index is 10.8. The fourth-order valence-corrected chi connectivity index (χ4v) is 3.80. The zero-order chi connectivity index (χ0) is 15.7. The molecule has 8 heteroatoms. The van der Waals surface area contributed by atoms with Crippen LogP contribution in [0.2, 0.25) is 13.7 Å². The van der Waals surface area contributed by atoms with Gasteiger partial charge < -0.3 is 5.32 Å². The number of nitrogens with zero attached hydrogens (tertiary/aromatic N) is 1. The van der Waals surface area contributed by atoms with Gasteiger partial charge >= 0.3 is 0 Å². The molecule has 0 spiro atoms. The highest BCUT2D eigenvalue weighted by atomic mass is 35.5. The van der Waals surface area contributed by atoms with Gasteiger partial charge in [-0.05, 0) is 31.5 Å². The molecule has 0 radical (unpaired) electrons. The normalized spacial score (nSPS) is 12.2. The molecule has 0 fully saturated rings. The Morgan fingerprint density at radius 3 is 2.48 bits per heavy atom. The van der Waals surface area contributed by atoms with E-state index in [1.807, 2.05) is 6.92 Å². The summed E-state index contributed by atoms with van der Waals surface area (Å²) in [5.41, 5.74) is 2.22. The second-order valence-electron chi connectivity index (χ2n) is 4.52. The number of thiophene rings is 1. The van der Waals surface area contributed by atoms with E-state index in [1.54, 1.807) is 19.1 Å². The highest BCUT2D eigenvalue weighted by Crippen LogP contribution is 2.37. The lowest BCUT2D eigenvalue weighted by Crippen LogP contribution is -2.07. The van der Waals surface area contributed by atoms with Crippen LogP contribution in [0.15, 0.2) is 18.2 Å². The van der Waals surface area contributed by atoms with Crippen LogP contribution in [0.1, 0.15) is 24.1 Å². The van der Waals surface area contributed by atoms with Crippen molar-refractivity contribution in [3.05, 3.63) is 53.1 Å². The molecule has 21 heavy (non-hydrogen) atoms. The number of nitro groups is 1. The van der Waals surface area contributed by atoms with Crippen LogP contribution in [0.5, 0.6) is 0 Å². The summed E-state index contributed by atoms with van der Waals surface area (Å²) in [5.74, 6) is 0. The third-order valence-electron chi connectivity index (χ3n) is 3.01. The fourth-order valence-electron chi connectivity index (χ4n) is 1.92. The van der Waals surface area contributed by atoms with Crippen LogP contribution in [0.4, 0.5) is 11.4 Å². The molecule has 0 amide bonds. The second-order valence-corrected chi connectivity index (χ2v) is 7.21. The van der Waals surface area contributed by atoms with E-state index in [0.717, 1.165) is 16.8 Å². The maximum Gasteiger partial charge on any atom is 0.288 e. The Bertz CT molecular complexity index is 703. The second kappa shape index (κ2) is 6.40. The largest absolute Gasteiger partial charge is 0.378 e. The summed E-state index contributed by atoms with van der Waals surface area (Å²) in [6.07, 6.45) is 0. The zero-order valence-corrected chi connectivity index (χ0v) is 14.2. The summed E-state index contributed by atoms with van der Waals surface area (Å²) in [6, 6.07) is 4.69. The lowest BCUT2D eigenvalue weighted by atomic mass is 10.1. The summed E-state index contributed by atoms with van der Waals surface area (Å²) < 4.78 is 1.23. The standard InChI is InChI=1S/C13H11Cl3N2O2S/c1-6-3-11(18(19)20)9(14)5-10(6)17-7(2)8-4-12(15)21-13(8)16/h3-5,7,17H,1-2H3. The van der Waals surface area contributed by atoms with Crippen molar-refractivity contribution in [3.63, 3.8) is 0 Å². The van der Waals surface area contributed by atoms with Gasteiger partial charge in [0.25, 0.3) is 5.69 Å². The van der Waals surface area contributed by atoms with Crippen LogP contribution in [-0.4, -0.2) is 4.92 Å². The van der Waals surface area contributed by atoms with Crippen LogP contribution in [0, 0.1) is 17.0 Å². The van der Waals surface area contributed by atoms with Crippen molar-refractivity contribution in [3.8, 4) is 0 Å². The van der Waals surface area contributed by atoms with Crippen LogP contribution >= 0.6 is 46.1 Å². The van der Waals surface area contributed by atoms with E-state index in [0.29, 0.717) is 8.67 Å². The molecule has 112 valence electrons. The summed E-state index contributed by atoms with van der Waals surface area (Å²) in [6.45, 7) is 3.71. The monoisotopic (exact) mass is 364 g/mol. The van der Waals surface area contributed by atoms with Crippen molar-refractivity contribution in [1.29, 1.82) is 0 Å². The fraction of sp³-hybridized carbons (Fsp3) is 0.231. The number of nitro benzene ring substituents is 1. The van der Waals surface area contributed by atoms with Gasteiger partial charge in [0.05, 0.1) is 19.6 Å². The van der Waals surface area contributed by atoms with Gasteiger partial charge in [0, 0.05) is 17.3 Å². The Balaban J connectivity index is 2.29. The number of rotatable bonds is 4. The number of hydrogen-bond donors (Lipinski definition) is 1. The van der Waals surface area contributed by atoms with Crippen LogP contribution < -0.4 is 5.32 Å². The number of aryl methyl sites for hydroxylation is 1. The third-order valence-corrected chi connectivity index (χ3v) is 4.83. The van der Waals surface area contributed by atoms with E-state index < -0.39 is 4.92 Å². The van der Waals surface area contributed by atoms with E-state index in [4.69, 9.17) is 34.8 Å². The summed E-state index contributed by atoms with van der Waals surface area (Å²) in [4.78, 5) is 10.3. The SMILES string of the molecule is Cc1cc([N+](=O)[O-])c(Cl)cc1NC(C)c1cc(Cl)sc1Cl. The molecular formula is C13H11Cl3N2O2S. The van der Waals surface area contributed by atoms with Gasteiger partial charge in [-0.15, -0.1) is 11.3 Å². The predicted molar refractivity (Wildman–Crippen MR) is 89.2 cm³/mol. The summed E-state index contributed by atoms with van der Waals surface area (Å²) >= 11 is 19.3. The Labute approximate surface area is 140 Å². The van der Waals surface area contributed by atoms with E-state index in [2.05, 4.69) is 5.32 Å². The number of benzene rings is 1. The average Bonchev–Trinajstić information content (AvgIpc) is 2.72. The lowest BCUT2D eigenvalue weighted by Gasteiger charge is -2.17. The highest BCUT2D eigenvalue weighted by Gasteiger charge is 2.18. The quantitative estimate of drug-likeness (QED) is 0.526. The number of hydrogen-bond acceptors (Lipinski definition) is 4. The van der Waals surface area contributed by atoms with Gasteiger partial charge in [-0.3, -0.25) is 10.1 Å². The molecule has 4 nitrogen and oxygen atoms in total. The topological polar surface area (TPSA) is 55.2 Å². The minimum atomic E-state index is -0.502. The minimum absolute atomic E-state index is 0.0924. The van der Waals surface area contributed by atoms with Gasteiger partial charge in [0.2, 0.25) is 0 Å². The zero-order valence-electron chi connectivity index (χ0n) is 11.1. The van der Waals surface area contributed by atoms with Crippen molar-refractivity contribution in [2.75, 3.05) is 5.32 Å². The van der Waals surface area contributed by atoms with Gasteiger partial charge in [-0.2, -0.15) is 0 Å². The van der Waals surface area contributed by atoms with Crippen LogP contribution in [-0.2, 0) is 0 Å². The van der Waals surface area contributed by atoms with Gasteiger partial charge in [-0.25, -0.2) is 0 Å². The van der Waals surface area contributed by atoms with Gasteiger partial charge in [0.1, 0.15) is 5.02 Å². The molecule has 2 aromatic rings. The van der Waals surface area contributed by atoms with Crippen molar-refractivity contribution < 1.29 is 4.92 Å². The van der Waals surface area contributed by atoms with Crippen LogP contribution in [0.3, 0.4) is 0 Å². The maximum atomic E-state index is 10.8. The summed E-state index contributed by atoms with van der Waals surface area (Å²) in [5, 5.41) is 14.2. The lowest BCUT2D eigenvalue weighted by molar-refractivity contribution is -0.384. The van der Waals surface area contributed by atoms with Crippen LogP contribution in [0.25, 0.3) is 0 Å². The first-order valence-electron chi connectivity index (χ1n) is 5.95. The molecule has 0 aliphatic rings. The average molecular weight is 366 g/mol. The highest BCUT2D eigenvalue weighted by molar-refractivity contribution is 7.20. The Morgan fingerprint density at radius 1 is 1.29 bits per heavy atom. The molecule has 0 saturated carbocycles. The molecule has 0 aliphatic heterocycles. The molecular weight excluding hydrogens is 355 g/mol. The molecule has 1 unspecified atom stereocenters. The number of halogens is 3. The van der Waals surface area contributed by atoms with Gasteiger partial charge in [-0.1, -0.05) is 34.8 Å². The molecule has 1 aromatic heterocycles. The van der Waals surface area contributed by atoms with E-state index in [9.17, 15) is 10.1 Å². The molecule has 2 rings (SSSR count). The molecule has 1 atom stereocenters. The van der Waals surface area contributed by atoms with E-state index in [1.165, 1.54) is 17.4 Å². The van der Waals surface area contributed by atoms with Gasteiger partial charge in [0.15, 0.2) is 0 Å². The molecule has 0 saturated heterocycles. The van der Waals surface area contributed by atoms with Crippen molar-refractivity contribution >= 4 is 57.5 Å². The summed E-state index contributed by atoms with van der Waals surface area (Å²) in [7, 11) is 0. The molecule has 1 heterocycles. The van der Waals surface area contributed by atoms with Crippen molar-refractivity contribution in [2.24, 2.45) is 0 Å². The molecule has 0 bridgehead atoms. The molecule has 1 N–H and O–H groups in total. The van der Waals surface area contributed by atoms with Crippen molar-refractivity contribution in [1.82, 2.24) is 0 Å².